The fourth-order valence-electron chi connectivity index (χ4n) is 2.95. The maximum absolute atomic E-state index is 12.7. The van der Waals surface area contributed by atoms with E-state index in [0.29, 0.717) is 18.4 Å². The van der Waals surface area contributed by atoms with E-state index in [9.17, 15) is 14.4 Å². The highest BCUT2D eigenvalue weighted by molar-refractivity contribution is 6.09. The summed E-state index contributed by atoms with van der Waals surface area (Å²) in [6, 6.07) is 16.1. The second-order valence-electron chi connectivity index (χ2n) is 6.70. The van der Waals surface area contributed by atoms with E-state index in [2.05, 4.69) is 10.7 Å². The third kappa shape index (κ3) is 3.59. The van der Waals surface area contributed by atoms with Gasteiger partial charge >= 0.3 is 6.03 Å². The lowest BCUT2D eigenvalue weighted by Crippen LogP contribution is -2.48. The molecule has 0 radical (unpaired) electrons. The number of rotatable bonds is 5. The monoisotopic (exact) mass is 351 g/mol. The van der Waals surface area contributed by atoms with Crippen molar-refractivity contribution in [3.8, 4) is 0 Å². The molecule has 0 bridgehead atoms. The van der Waals surface area contributed by atoms with Gasteiger partial charge in [-0.3, -0.25) is 15.0 Å². The molecular weight excluding hydrogens is 330 g/mol. The van der Waals surface area contributed by atoms with Gasteiger partial charge in [0, 0.05) is 5.56 Å². The number of hydrogen-bond acceptors (Lipinski definition) is 3. The van der Waals surface area contributed by atoms with E-state index in [0.717, 1.165) is 16.1 Å². The number of hydrogen-bond donors (Lipinski definition) is 2. The van der Waals surface area contributed by atoms with E-state index in [4.69, 9.17) is 0 Å². The van der Waals surface area contributed by atoms with Crippen molar-refractivity contribution in [2.45, 2.75) is 32.2 Å². The van der Waals surface area contributed by atoms with Crippen LogP contribution in [-0.2, 0) is 11.2 Å². The molecule has 2 aromatic rings. The molecule has 0 aliphatic carbocycles. The Morgan fingerprint density at radius 2 is 1.85 bits per heavy atom. The predicted molar refractivity (Wildman–Crippen MR) is 97.2 cm³/mol. The lowest BCUT2D eigenvalue weighted by molar-refractivity contribution is -0.132. The molecule has 0 spiro atoms. The molecular formula is C20H21N3O3. The van der Waals surface area contributed by atoms with Crippen LogP contribution in [0.1, 0.15) is 34.8 Å². The van der Waals surface area contributed by atoms with Crippen molar-refractivity contribution in [2.24, 2.45) is 0 Å². The minimum atomic E-state index is -1.05. The summed E-state index contributed by atoms with van der Waals surface area (Å²) in [5, 5.41) is 3.46. The Balaban J connectivity index is 1.69. The first-order valence-corrected chi connectivity index (χ1v) is 8.47. The van der Waals surface area contributed by atoms with Gasteiger partial charge in [-0.1, -0.05) is 48.0 Å². The van der Waals surface area contributed by atoms with Crippen LogP contribution in [0.4, 0.5) is 4.79 Å². The average molecular weight is 351 g/mol. The molecule has 2 aromatic carbocycles. The van der Waals surface area contributed by atoms with Gasteiger partial charge in [0.05, 0.1) is 0 Å². The van der Waals surface area contributed by atoms with Gasteiger partial charge in [-0.2, -0.15) is 5.01 Å². The first kappa shape index (κ1) is 17.7. The van der Waals surface area contributed by atoms with Crippen molar-refractivity contribution in [3.63, 3.8) is 0 Å². The molecule has 6 nitrogen and oxygen atoms in total. The molecule has 2 N–H and O–H groups in total. The molecule has 1 atom stereocenters. The molecule has 134 valence electrons. The zero-order chi connectivity index (χ0) is 18.7. The number of imide groups is 1. The van der Waals surface area contributed by atoms with Crippen LogP contribution in [0.25, 0.3) is 0 Å². The summed E-state index contributed by atoms with van der Waals surface area (Å²) in [6.45, 7) is 3.54. The fourth-order valence-corrected chi connectivity index (χ4v) is 2.95. The van der Waals surface area contributed by atoms with E-state index < -0.39 is 23.4 Å². The van der Waals surface area contributed by atoms with E-state index >= 15 is 0 Å². The molecule has 0 aromatic heterocycles. The number of carbonyl (C=O) groups excluding carboxylic acids is 3. The second-order valence-corrected chi connectivity index (χ2v) is 6.70. The molecule has 1 heterocycles. The topological polar surface area (TPSA) is 78.5 Å². The maximum Gasteiger partial charge on any atom is 0.344 e. The first-order chi connectivity index (χ1) is 12.4. The van der Waals surface area contributed by atoms with E-state index in [1.165, 1.54) is 0 Å². The number of amides is 4. The van der Waals surface area contributed by atoms with Crippen LogP contribution in [0.3, 0.4) is 0 Å². The minimum absolute atomic E-state index is 0.392. The molecule has 0 unspecified atom stereocenters. The molecule has 6 heteroatoms. The Morgan fingerprint density at radius 3 is 2.54 bits per heavy atom. The van der Waals surface area contributed by atoms with Gasteiger partial charge in [0.2, 0.25) is 0 Å². The summed E-state index contributed by atoms with van der Waals surface area (Å²) in [4.78, 5) is 37.3. The molecule has 4 amide bonds. The molecule has 1 saturated heterocycles. The molecule has 1 aliphatic rings. The normalized spacial score (nSPS) is 19.4. The largest absolute Gasteiger partial charge is 0.344 e. The quantitative estimate of drug-likeness (QED) is 0.813. The number of nitrogens with zero attached hydrogens (tertiary/aromatic N) is 1. The van der Waals surface area contributed by atoms with E-state index in [1.807, 2.05) is 43.3 Å². The van der Waals surface area contributed by atoms with Gasteiger partial charge in [0.25, 0.3) is 11.8 Å². The van der Waals surface area contributed by atoms with Crippen molar-refractivity contribution >= 4 is 17.8 Å². The van der Waals surface area contributed by atoms with Crippen LogP contribution in [-0.4, -0.2) is 28.4 Å². The number of urea groups is 1. The standard InChI is InChI=1S/C20H21N3O3/c1-14-7-6-10-16(13-14)17(24)22-23-18(25)20(2,21-19(23)26)12-11-15-8-4-3-5-9-15/h3-10,13H,11-12H2,1-2H3,(H,21,26)(H,22,24)/t20-/m1/s1. The lowest BCUT2D eigenvalue weighted by atomic mass is 9.93. The number of carbonyl (C=O) groups is 3. The van der Waals surface area contributed by atoms with Gasteiger partial charge in [0.1, 0.15) is 5.54 Å². The van der Waals surface area contributed by atoms with Crippen molar-refractivity contribution in [1.29, 1.82) is 0 Å². The van der Waals surface area contributed by atoms with E-state index in [-0.39, 0.29) is 0 Å². The Kier molecular flexibility index (Phi) is 4.75. The second kappa shape index (κ2) is 7.00. The highest BCUT2D eigenvalue weighted by Crippen LogP contribution is 2.22. The Hall–Kier alpha value is -3.15. The molecule has 3 rings (SSSR count). The third-order valence-electron chi connectivity index (χ3n) is 4.51. The summed E-state index contributed by atoms with van der Waals surface area (Å²) < 4.78 is 0. The first-order valence-electron chi connectivity index (χ1n) is 8.47. The van der Waals surface area contributed by atoms with Gasteiger partial charge in [0.15, 0.2) is 0 Å². The highest BCUT2D eigenvalue weighted by atomic mass is 16.2. The van der Waals surface area contributed by atoms with Crippen LogP contribution >= 0.6 is 0 Å². The summed E-state index contributed by atoms with van der Waals surface area (Å²) in [5.74, 6) is -0.955. The Labute approximate surface area is 152 Å². The SMILES string of the molecule is Cc1cccc(C(=O)NN2C(=O)N[C@](C)(CCc3ccccc3)C2=O)c1. The number of benzene rings is 2. The third-order valence-corrected chi connectivity index (χ3v) is 4.51. The predicted octanol–water partition coefficient (Wildman–Crippen LogP) is 2.58. The van der Waals surface area contributed by atoms with Crippen LogP contribution in [0.5, 0.6) is 0 Å². The number of hydrazine groups is 1. The van der Waals surface area contributed by atoms with Crippen molar-refractivity contribution in [2.75, 3.05) is 0 Å². The summed E-state index contributed by atoms with van der Waals surface area (Å²) in [5.41, 5.74) is 3.75. The Morgan fingerprint density at radius 1 is 1.12 bits per heavy atom. The maximum atomic E-state index is 12.7. The van der Waals surface area contributed by atoms with Crippen LogP contribution in [0.15, 0.2) is 54.6 Å². The van der Waals surface area contributed by atoms with Gasteiger partial charge < -0.3 is 5.32 Å². The summed E-state index contributed by atoms with van der Waals surface area (Å²) in [6.07, 6.45) is 1.08. The highest BCUT2D eigenvalue weighted by Gasteiger charge is 2.48. The van der Waals surface area contributed by atoms with Crippen LogP contribution < -0.4 is 10.7 Å². The van der Waals surface area contributed by atoms with Crippen LogP contribution in [0.2, 0.25) is 0 Å². The minimum Gasteiger partial charge on any atom is -0.322 e. The van der Waals surface area contributed by atoms with Gasteiger partial charge in [-0.05, 0) is 44.4 Å². The summed E-state index contributed by atoms with van der Waals surface area (Å²) in [7, 11) is 0. The van der Waals surface area contributed by atoms with Gasteiger partial charge in [-0.25, -0.2) is 4.79 Å². The molecule has 1 fully saturated rings. The van der Waals surface area contributed by atoms with Crippen molar-refractivity contribution < 1.29 is 14.4 Å². The van der Waals surface area contributed by atoms with Crippen molar-refractivity contribution in [1.82, 2.24) is 15.8 Å². The summed E-state index contributed by atoms with van der Waals surface area (Å²) >= 11 is 0. The zero-order valence-corrected chi connectivity index (χ0v) is 14.8. The zero-order valence-electron chi connectivity index (χ0n) is 14.8. The van der Waals surface area contributed by atoms with Crippen LogP contribution in [0, 0.1) is 6.92 Å². The number of aryl methyl sites for hydroxylation is 2. The average Bonchev–Trinajstić information content (AvgIpc) is 2.84. The smallest absolute Gasteiger partial charge is 0.322 e. The number of nitrogens with one attached hydrogen (secondary N) is 2. The van der Waals surface area contributed by atoms with Gasteiger partial charge in [-0.15, -0.1) is 0 Å². The van der Waals surface area contributed by atoms with Crippen molar-refractivity contribution in [3.05, 3.63) is 71.3 Å². The van der Waals surface area contributed by atoms with E-state index in [1.54, 1.807) is 25.1 Å². The molecule has 1 aliphatic heterocycles. The molecule has 26 heavy (non-hydrogen) atoms. The fraction of sp³-hybridized carbons (Fsp3) is 0.250. The Bertz CT molecular complexity index is 850. The molecule has 0 saturated carbocycles. The lowest BCUT2D eigenvalue weighted by Gasteiger charge is -2.21.